The largest absolute Gasteiger partial charge is 0.326 e. The zero-order valence-electron chi connectivity index (χ0n) is 14.4. The maximum atomic E-state index is 12.7. The minimum atomic E-state index is -0.131. The summed E-state index contributed by atoms with van der Waals surface area (Å²) in [5, 5.41) is 5.71. The van der Waals surface area contributed by atoms with Crippen molar-refractivity contribution in [3.63, 3.8) is 0 Å². The molecule has 1 unspecified atom stereocenters. The first-order valence-corrected chi connectivity index (χ1v) is 8.58. The molecule has 5 nitrogen and oxygen atoms in total. The van der Waals surface area contributed by atoms with E-state index in [4.69, 9.17) is 0 Å². The maximum Gasteiger partial charge on any atom is 0.241 e. The first-order valence-electron chi connectivity index (χ1n) is 8.58. The van der Waals surface area contributed by atoms with Gasteiger partial charge in [0.05, 0.1) is 6.04 Å². The highest BCUT2D eigenvalue weighted by atomic mass is 16.2. The number of hydrogen-bond acceptors (Lipinski definition) is 3. The summed E-state index contributed by atoms with van der Waals surface area (Å²) in [5.41, 5.74) is 2.59. The Bertz CT molecular complexity index is 746. The van der Waals surface area contributed by atoms with Crippen molar-refractivity contribution in [3.05, 3.63) is 60.2 Å². The van der Waals surface area contributed by atoms with Crippen LogP contribution in [0.15, 0.2) is 54.6 Å². The second-order valence-corrected chi connectivity index (χ2v) is 6.37. The van der Waals surface area contributed by atoms with E-state index in [2.05, 4.69) is 27.7 Å². The van der Waals surface area contributed by atoms with Gasteiger partial charge in [-0.2, -0.15) is 0 Å². The smallest absolute Gasteiger partial charge is 0.241 e. The molecule has 2 N–H and O–H groups in total. The number of nitrogens with one attached hydrogen (secondary N) is 2. The fraction of sp³-hybridized carbons (Fsp3) is 0.300. The van der Waals surface area contributed by atoms with Crippen molar-refractivity contribution in [2.45, 2.75) is 32.4 Å². The average molecular weight is 337 g/mol. The highest BCUT2D eigenvalue weighted by molar-refractivity contribution is 5.96. The van der Waals surface area contributed by atoms with E-state index in [1.807, 2.05) is 30.3 Å². The van der Waals surface area contributed by atoms with Gasteiger partial charge in [0.1, 0.15) is 0 Å². The molecule has 0 saturated carbocycles. The molecule has 2 aromatic rings. The molecule has 0 spiro atoms. The number of benzene rings is 2. The Balaban J connectivity index is 1.65. The number of carbonyl (C=O) groups is 2. The van der Waals surface area contributed by atoms with Crippen LogP contribution in [0.5, 0.6) is 0 Å². The molecule has 0 radical (unpaired) electrons. The molecule has 5 heteroatoms. The number of amides is 2. The summed E-state index contributed by atoms with van der Waals surface area (Å²) in [6.07, 6.45) is 1.89. The molecule has 1 fully saturated rings. The predicted octanol–water partition coefficient (Wildman–Crippen LogP) is 3.25. The fourth-order valence-electron chi connectivity index (χ4n) is 3.23. The third-order valence-corrected chi connectivity index (χ3v) is 4.35. The van der Waals surface area contributed by atoms with Crippen LogP contribution in [0.3, 0.4) is 0 Å². The van der Waals surface area contributed by atoms with Crippen molar-refractivity contribution < 1.29 is 9.59 Å². The lowest BCUT2D eigenvalue weighted by atomic mass is 10.1. The molecule has 1 heterocycles. The van der Waals surface area contributed by atoms with Gasteiger partial charge in [-0.3, -0.25) is 14.5 Å². The minimum absolute atomic E-state index is 0.00778. The zero-order chi connectivity index (χ0) is 17.6. The van der Waals surface area contributed by atoms with Gasteiger partial charge in [0.2, 0.25) is 11.8 Å². The molecular formula is C20H23N3O2. The quantitative estimate of drug-likeness (QED) is 0.880. The molecule has 1 saturated heterocycles. The summed E-state index contributed by atoms with van der Waals surface area (Å²) in [5.74, 6) is -0.123. The predicted molar refractivity (Wildman–Crippen MR) is 99.2 cm³/mol. The maximum absolute atomic E-state index is 12.7. The normalized spacial score (nSPS) is 17.2. The number of carbonyl (C=O) groups excluding carboxylic acids is 2. The van der Waals surface area contributed by atoms with Crippen molar-refractivity contribution >= 4 is 23.2 Å². The van der Waals surface area contributed by atoms with Crippen molar-refractivity contribution in [2.75, 3.05) is 17.2 Å². The zero-order valence-corrected chi connectivity index (χ0v) is 14.4. The van der Waals surface area contributed by atoms with Gasteiger partial charge in [-0.05, 0) is 43.1 Å². The van der Waals surface area contributed by atoms with Crippen LogP contribution < -0.4 is 10.6 Å². The summed E-state index contributed by atoms with van der Waals surface area (Å²) in [4.78, 5) is 26.1. The Kier molecular flexibility index (Phi) is 5.46. The molecule has 2 amide bonds. The van der Waals surface area contributed by atoms with E-state index < -0.39 is 0 Å². The molecule has 25 heavy (non-hydrogen) atoms. The van der Waals surface area contributed by atoms with Crippen LogP contribution in [0.2, 0.25) is 0 Å². The molecule has 1 atom stereocenters. The number of likely N-dealkylation sites (tertiary alicyclic amines) is 1. The summed E-state index contributed by atoms with van der Waals surface area (Å²) in [7, 11) is 0. The van der Waals surface area contributed by atoms with E-state index in [1.165, 1.54) is 12.5 Å². The van der Waals surface area contributed by atoms with Crippen molar-refractivity contribution in [2.24, 2.45) is 0 Å². The molecule has 3 rings (SSSR count). The Morgan fingerprint density at radius 1 is 1.04 bits per heavy atom. The standard InChI is InChI=1S/C20H23N3O2/c1-15(24)21-17-9-5-10-18(13-17)22-20(25)19-11-6-12-23(19)14-16-7-3-2-4-8-16/h2-5,7-10,13,19H,6,11-12,14H2,1H3,(H,21,24)(H,22,25). The third kappa shape index (κ3) is 4.67. The SMILES string of the molecule is CC(=O)Nc1cccc(NC(=O)C2CCCN2Cc2ccccc2)c1. The van der Waals surface area contributed by atoms with Crippen LogP contribution in [0, 0.1) is 0 Å². The molecule has 0 aromatic heterocycles. The Morgan fingerprint density at radius 3 is 2.48 bits per heavy atom. The second kappa shape index (κ2) is 7.94. The van der Waals surface area contributed by atoms with Gasteiger partial charge in [-0.25, -0.2) is 0 Å². The number of nitrogens with zero attached hydrogens (tertiary/aromatic N) is 1. The number of anilines is 2. The molecular weight excluding hydrogens is 314 g/mol. The van der Waals surface area contributed by atoms with Crippen LogP contribution in [-0.2, 0) is 16.1 Å². The van der Waals surface area contributed by atoms with E-state index in [0.29, 0.717) is 11.4 Å². The van der Waals surface area contributed by atoms with E-state index >= 15 is 0 Å². The Morgan fingerprint density at radius 2 is 1.76 bits per heavy atom. The van der Waals surface area contributed by atoms with Gasteiger partial charge < -0.3 is 10.6 Å². The van der Waals surface area contributed by atoms with Crippen LogP contribution >= 0.6 is 0 Å². The molecule has 1 aliphatic rings. The minimum Gasteiger partial charge on any atom is -0.326 e. The highest BCUT2D eigenvalue weighted by Crippen LogP contribution is 2.22. The van der Waals surface area contributed by atoms with Crippen molar-refractivity contribution in [1.82, 2.24) is 4.90 Å². The van der Waals surface area contributed by atoms with Gasteiger partial charge in [-0.1, -0.05) is 36.4 Å². The Hall–Kier alpha value is -2.66. The molecule has 0 bridgehead atoms. The monoisotopic (exact) mass is 337 g/mol. The molecule has 0 aliphatic carbocycles. The van der Waals surface area contributed by atoms with E-state index in [9.17, 15) is 9.59 Å². The first-order chi connectivity index (χ1) is 12.1. The molecule has 1 aliphatic heterocycles. The first kappa shape index (κ1) is 17.2. The van der Waals surface area contributed by atoms with E-state index in [-0.39, 0.29) is 17.9 Å². The average Bonchev–Trinajstić information content (AvgIpc) is 3.04. The lowest BCUT2D eigenvalue weighted by Gasteiger charge is -2.23. The second-order valence-electron chi connectivity index (χ2n) is 6.37. The summed E-state index contributed by atoms with van der Waals surface area (Å²) in [6, 6.07) is 17.3. The lowest BCUT2D eigenvalue weighted by Crippen LogP contribution is -2.39. The van der Waals surface area contributed by atoms with Crippen LogP contribution in [0.1, 0.15) is 25.3 Å². The summed E-state index contributed by atoms with van der Waals surface area (Å²) >= 11 is 0. The fourth-order valence-corrected chi connectivity index (χ4v) is 3.23. The third-order valence-electron chi connectivity index (χ3n) is 4.35. The van der Waals surface area contributed by atoms with E-state index in [0.717, 1.165) is 25.9 Å². The number of rotatable bonds is 5. The van der Waals surface area contributed by atoms with Gasteiger partial charge in [-0.15, -0.1) is 0 Å². The molecule has 2 aromatic carbocycles. The summed E-state index contributed by atoms with van der Waals surface area (Å²) < 4.78 is 0. The van der Waals surface area contributed by atoms with Crippen LogP contribution in [-0.4, -0.2) is 29.3 Å². The lowest BCUT2D eigenvalue weighted by molar-refractivity contribution is -0.120. The van der Waals surface area contributed by atoms with Crippen LogP contribution in [0.25, 0.3) is 0 Å². The Labute approximate surface area is 148 Å². The summed E-state index contributed by atoms with van der Waals surface area (Å²) in [6.45, 7) is 3.18. The van der Waals surface area contributed by atoms with Crippen molar-refractivity contribution in [1.29, 1.82) is 0 Å². The van der Waals surface area contributed by atoms with Gasteiger partial charge >= 0.3 is 0 Å². The number of hydrogen-bond donors (Lipinski definition) is 2. The van der Waals surface area contributed by atoms with Crippen molar-refractivity contribution in [3.8, 4) is 0 Å². The van der Waals surface area contributed by atoms with Gasteiger partial charge in [0, 0.05) is 24.8 Å². The van der Waals surface area contributed by atoms with Gasteiger partial charge in [0.15, 0.2) is 0 Å². The van der Waals surface area contributed by atoms with E-state index in [1.54, 1.807) is 12.1 Å². The topological polar surface area (TPSA) is 61.4 Å². The van der Waals surface area contributed by atoms with Gasteiger partial charge in [0.25, 0.3) is 0 Å². The highest BCUT2D eigenvalue weighted by Gasteiger charge is 2.30. The van der Waals surface area contributed by atoms with Crippen LogP contribution in [0.4, 0.5) is 11.4 Å². The molecule has 130 valence electrons.